The van der Waals surface area contributed by atoms with E-state index >= 15 is 0 Å². The van der Waals surface area contributed by atoms with Crippen LogP contribution in [0.15, 0.2) is 16.3 Å². The summed E-state index contributed by atoms with van der Waals surface area (Å²) in [4.78, 5) is 1.15. The van der Waals surface area contributed by atoms with E-state index in [1.54, 1.807) is 23.1 Å². The highest BCUT2D eigenvalue weighted by Crippen LogP contribution is 2.23. The Morgan fingerprint density at radius 2 is 2.38 bits per heavy atom. The maximum Gasteiger partial charge on any atom is 0.0598 e. The quantitative estimate of drug-likeness (QED) is 0.545. The Labute approximate surface area is 57.9 Å². The zero-order valence-corrected chi connectivity index (χ0v) is 6.31. The van der Waals surface area contributed by atoms with Crippen LogP contribution in [-0.4, -0.2) is 6.26 Å². The fourth-order valence-electron chi connectivity index (χ4n) is 0.468. The Hall–Kier alpha value is 0.0500. The Balaban J connectivity index is 2.84. The number of rotatable bonds is 1. The van der Waals surface area contributed by atoms with Gasteiger partial charge in [0.1, 0.15) is 0 Å². The molecule has 1 aromatic rings. The summed E-state index contributed by atoms with van der Waals surface area (Å²) in [6.45, 7) is 3.79. The van der Waals surface area contributed by atoms with E-state index in [-0.39, 0.29) is 0 Å². The fourth-order valence-corrected chi connectivity index (χ4v) is 1.86. The first-order valence-electron chi connectivity index (χ1n) is 2.28. The third kappa shape index (κ3) is 1.26. The van der Waals surface area contributed by atoms with Crippen LogP contribution in [-0.2, 0) is 0 Å². The van der Waals surface area contributed by atoms with Crippen molar-refractivity contribution in [3.8, 4) is 0 Å². The van der Waals surface area contributed by atoms with Gasteiger partial charge in [-0.25, -0.2) is 0 Å². The summed E-state index contributed by atoms with van der Waals surface area (Å²) in [5.74, 6) is 0. The molecule has 0 bridgehead atoms. The molecular weight excluding hydrogens is 136 g/mol. The van der Waals surface area contributed by atoms with Gasteiger partial charge in [0.15, 0.2) is 0 Å². The van der Waals surface area contributed by atoms with E-state index in [1.807, 2.05) is 6.07 Å². The summed E-state index contributed by atoms with van der Waals surface area (Å²) >= 11 is 3.51. The highest BCUT2D eigenvalue weighted by Gasteiger charge is 1.90. The van der Waals surface area contributed by atoms with E-state index < -0.39 is 0 Å². The average Bonchev–Trinajstić information content (AvgIpc) is 2.14. The van der Waals surface area contributed by atoms with Gasteiger partial charge in [-0.15, -0.1) is 23.1 Å². The van der Waals surface area contributed by atoms with Crippen molar-refractivity contribution >= 4 is 23.1 Å². The zero-order chi connectivity index (χ0) is 5.98. The number of thiophene rings is 1. The molecule has 0 spiro atoms. The number of thioether (sulfide) groups is 1. The van der Waals surface area contributed by atoms with E-state index in [0.717, 1.165) is 4.88 Å². The summed E-state index contributed by atoms with van der Waals surface area (Å²) in [5.41, 5.74) is 0. The maximum absolute atomic E-state index is 3.79. The van der Waals surface area contributed by atoms with Gasteiger partial charge < -0.3 is 0 Å². The van der Waals surface area contributed by atoms with Crippen molar-refractivity contribution in [2.24, 2.45) is 0 Å². The molecule has 0 saturated heterocycles. The molecule has 1 radical (unpaired) electrons. The summed E-state index contributed by atoms with van der Waals surface area (Å²) in [6.07, 6.45) is 2.07. The Kier molecular flexibility index (Phi) is 1.97. The van der Waals surface area contributed by atoms with Crippen molar-refractivity contribution in [1.82, 2.24) is 0 Å². The molecule has 1 rings (SSSR count). The minimum atomic E-state index is 1.15. The molecule has 0 atom stereocenters. The molecule has 0 aliphatic rings. The summed E-state index contributed by atoms with van der Waals surface area (Å²) in [7, 11) is 0. The lowest BCUT2D eigenvalue weighted by Gasteiger charge is -1.80. The lowest BCUT2D eigenvalue weighted by molar-refractivity contribution is 1.73. The molecule has 0 amide bonds. The van der Waals surface area contributed by atoms with Crippen LogP contribution in [0.2, 0.25) is 0 Å². The standard InChI is InChI=1S/C6H7S2/c1-5-3-4-6(7-2)8-5/h3-4H,1H2,2H3. The molecule has 0 aliphatic carbocycles. The minimum Gasteiger partial charge on any atom is -0.134 e. The van der Waals surface area contributed by atoms with Gasteiger partial charge >= 0.3 is 0 Å². The number of hydrogen-bond acceptors (Lipinski definition) is 2. The molecule has 0 unspecified atom stereocenters. The zero-order valence-electron chi connectivity index (χ0n) is 4.68. The lowest BCUT2D eigenvalue weighted by atomic mass is 10.5. The lowest BCUT2D eigenvalue weighted by Crippen LogP contribution is -1.46. The average molecular weight is 143 g/mol. The van der Waals surface area contributed by atoms with Crippen molar-refractivity contribution in [2.45, 2.75) is 4.21 Å². The Morgan fingerprint density at radius 3 is 2.62 bits per heavy atom. The third-order valence-corrected chi connectivity index (χ3v) is 2.86. The second-order valence-corrected chi connectivity index (χ2v) is 3.70. The highest BCUT2D eigenvalue weighted by molar-refractivity contribution is 8.00. The van der Waals surface area contributed by atoms with Crippen LogP contribution in [0.5, 0.6) is 0 Å². The van der Waals surface area contributed by atoms with Gasteiger partial charge in [-0.05, 0) is 25.3 Å². The van der Waals surface area contributed by atoms with Crippen LogP contribution in [0.3, 0.4) is 0 Å². The molecule has 43 valence electrons. The van der Waals surface area contributed by atoms with Crippen LogP contribution >= 0.6 is 23.1 Å². The van der Waals surface area contributed by atoms with Crippen molar-refractivity contribution in [2.75, 3.05) is 6.26 Å². The van der Waals surface area contributed by atoms with Crippen molar-refractivity contribution in [1.29, 1.82) is 0 Å². The largest absolute Gasteiger partial charge is 0.134 e. The summed E-state index contributed by atoms with van der Waals surface area (Å²) in [6, 6.07) is 4.13. The van der Waals surface area contributed by atoms with Gasteiger partial charge in [0.05, 0.1) is 4.21 Å². The normalized spacial score (nSPS) is 9.75. The smallest absolute Gasteiger partial charge is 0.0598 e. The Bertz CT molecular complexity index is 167. The first kappa shape index (κ1) is 6.17. The molecule has 0 nitrogen and oxygen atoms in total. The first-order chi connectivity index (χ1) is 3.83. The first-order valence-corrected chi connectivity index (χ1v) is 4.33. The van der Waals surface area contributed by atoms with Gasteiger partial charge in [-0.2, -0.15) is 0 Å². The SMILES string of the molecule is [CH2]c1ccc(SC)s1. The highest BCUT2D eigenvalue weighted by atomic mass is 32.2. The van der Waals surface area contributed by atoms with Gasteiger partial charge in [0.2, 0.25) is 0 Å². The topological polar surface area (TPSA) is 0 Å². The molecular formula is C6H7S2. The van der Waals surface area contributed by atoms with Gasteiger partial charge in [-0.1, -0.05) is 0 Å². The van der Waals surface area contributed by atoms with Crippen LogP contribution < -0.4 is 0 Å². The second kappa shape index (κ2) is 2.55. The fraction of sp³-hybridized carbons (Fsp3) is 0.167. The van der Waals surface area contributed by atoms with E-state index in [2.05, 4.69) is 19.2 Å². The molecule has 1 heterocycles. The molecule has 1 aromatic heterocycles. The summed E-state index contributed by atoms with van der Waals surface area (Å²) in [5, 5.41) is 0. The Morgan fingerprint density at radius 1 is 1.62 bits per heavy atom. The molecule has 0 aliphatic heterocycles. The van der Waals surface area contributed by atoms with Gasteiger partial charge in [0.25, 0.3) is 0 Å². The van der Waals surface area contributed by atoms with Crippen LogP contribution in [0.4, 0.5) is 0 Å². The second-order valence-electron chi connectivity index (χ2n) is 1.42. The minimum absolute atomic E-state index is 1.15. The molecule has 8 heavy (non-hydrogen) atoms. The van der Waals surface area contributed by atoms with Crippen molar-refractivity contribution < 1.29 is 0 Å². The van der Waals surface area contributed by atoms with Crippen LogP contribution in [0.1, 0.15) is 4.88 Å². The molecule has 0 aromatic carbocycles. The van der Waals surface area contributed by atoms with E-state index in [9.17, 15) is 0 Å². The van der Waals surface area contributed by atoms with Crippen LogP contribution in [0.25, 0.3) is 0 Å². The predicted molar refractivity (Wildman–Crippen MR) is 40.6 cm³/mol. The van der Waals surface area contributed by atoms with E-state index in [1.165, 1.54) is 4.21 Å². The van der Waals surface area contributed by atoms with Crippen molar-refractivity contribution in [3.63, 3.8) is 0 Å². The van der Waals surface area contributed by atoms with Gasteiger partial charge in [-0.3, -0.25) is 0 Å². The monoisotopic (exact) mass is 143 g/mol. The van der Waals surface area contributed by atoms with Gasteiger partial charge in [0, 0.05) is 4.88 Å². The van der Waals surface area contributed by atoms with E-state index in [0.29, 0.717) is 0 Å². The van der Waals surface area contributed by atoms with E-state index in [4.69, 9.17) is 0 Å². The third-order valence-electron chi connectivity index (χ3n) is 0.838. The summed E-state index contributed by atoms with van der Waals surface area (Å²) < 4.78 is 1.34. The predicted octanol–water partition coefficient (Wildman–Crippen LogP) is 2.65. The molecule has 0 fully saturated rings. The molecule has 0 saturated carbocycles. The number of hydrogen-bond donors (Lipinski definition) is 0. The molecule has 2 heteroatoms. The maximum atomic E-state index is 3.79. The molecule has 0 N–H and O–H groups in total. The van der Waals surface area contributed by atoms with Crippen molar-refractivity contribution in [3.05, 3.63) is 23.9 Å². The van der Waals surface area contributed by atoms with Crippen LogP contribution in [0, 0.1) is 6.92 Å².